The third-order valence-corrected chi connectivity index (χ3v) is 2.60. The summed E-state index contributed by atoms with van der Waals surface area (Å²) in [6.45, 7) is 4.07. The second-order valence-corrected chi connectivity index (χ2v) is 4.46. The number of nitrogens with one attached hydrogen (secondary N) is 1. The minimum absolute atomic E-state index is 0.130. The summed E-state index contributed by atoms with van der Waals surface area (Å²) in [5, 5.41) is 12.8. The zero-order valence-electron chi connectivity index (χ0n) is 9.40. The zero-order chi connectivity index (χ0) is 12.1. The maximum atomic E-state index is 11.6. The van der Waals surface area contributed by atoms with Crippen molar-refractivity contribution in [3.8, 4) is 0 Å². The van der Waals surface area contributed by atoms with Crippen molar-refractivity contribution in [2.75, 3.05) is 6.54 Å². The van der Waals surface area contributed by atoms with E-state index in [2.05, 4.69) is 5.32 Å². The molecule has 4 heteroatoms. The number of amides is 1. The third-order valence-electron chi connectivity index (χ3n) is 2.35. The summed E-state index contributed by atoms with van der Waals surface area (Å²) in [5.74, 6) is -0.0677. The number of benzene rings is 1. The summed E-state index contributed by atoms with van der Waals surface area (Å²) in [6, 6.07) is 6.63. The third kappa shape index (κ3) is 3.83. The Morgan fingerprint density at radius 2 is 1.94 bits per heavy atom. The Kier molecular flexibility index (Phi) is 4.77. The van der Waals surface area contributed by atoms with E-state index in [1.54, 1.807) is 24.3 Å². The molecule has 2 N–H and O–H groups in total. The summed E-state index contributed by atoms with van der Waals surface area (Å²) in [4.78, 5) is 11.6. The number of aliphatic hydroxyl groups is 1. The van der Waals surface area contributed by atoms with Crippen LogP contribution < -0.4 is 5.32 Å². The van der Waals surface area contributed by atoms with Gasteiger partial charge < -0.3 is 10.4 Å². The number of hydrogen-bond donors (Lipinski definition) is 2. The Hall–Kier alpha value is -1.06. The van der Waals surface area contributed by atoms with Crippen molar-refractivity contribution in [2.24, 2.45) is 5.92 Å². The first-order valence-corrected chi connectivity index (χ1v) is 5.60. The molecule has 88 valence electrons. The maximum Gasteiger partial charge on any atom is 0.251 e. The number of hydrogen-bond acceptors (Lipinski definition) is 2. The molecule has 1 atom stereocenters. The Labute approximate surface area is 100 Å². The molecule has 0 bridgehead atoms. The predicted molar refractivity (Wildman–Crippen MR) is 64.6 cm³/mol. The van der Waals surface area contributed by atoms with Gasteiger partial charge in [-0.2, -0.15) is 0 Å². The van der Waals surface area contributed by atoms with Crippen LogP contribution in [-0.4, -0.2) is 23.7 Å². The van der Waals surface area contributed by atoms with Crippen LogP contribution in [0.25, 0.3) is 0 Å². The minimum Gasteiger partial charge on any atom is -0.391 e. The first-order valence-electron chi connectivity index (χ1n) is 5.22. The molecule has 0 saturated heterocycles. The van der Waals surface area contributed by atoms with Crippen LogP contribution in [0.2, 0.25) is 5.02 Å². The number of rotatable bonds is 4. The molecule has 0 fully saturated rings. The van der Waals surface area contributed by atoms with E-state index in [0.717, 1.165) is 0 Å². The number of carbonyl (C=O) groups is 1. The highest BCUT2D eigenvalue weighted by Gasteiger charge is 2.11. The zero-order valence-corrected chi connectivity index (χ0v) is 10.2. The summed E-state index contributed by atoms with van der Waals surface area (Å²) < 4.78 is 0. The van der Waals surface area contributed by atoms with Crippen molar-refractivity contribution in [1.29, 1.82) is 0 Å². The van der Waals surface area contributed by atoms with E-state index in [4.69, 9.17) is 11.6 Å². The molecule has 0 aliphatic rings. The second-order valence-electron chi connectivity index (χ2n) is 4.03. The monoisotopic (exact) mass is 241 g/mol. The lowest BCUT2D eigenvalue weighted by atomic mass is 10.1. The minimum atomic E-state index is -0.517. The molecule has 0 unspecified atom stereocenters. The fourth-order valence-electron chi connectivity index (χ4n) is 1.14. The molecule has 0 aromatic heterocycles. The van der Waals surface area contributed by atoms with Gasteiger partial charge in [0, 0.05) is 17.1 Å². The first-order chi connectivity index (χ1) is 7.50. The molecule has 1 aromatic carbocycles. The van der Waals surface area contributed by atoms with Crippen molar-refractivity contribution in [2.45, 2.75) is 20.0 Å². The molecule has 1 amide bonds. The van der Waals surface area contributed by atoms with Crippen molar-refractivity contribution in [3.05, 3.63) is 34.9 Å². The number of halogens is 1. The van der Waals surface area contributed by atoms with Gasteiger partial charge in [0.05, 0.1) is 6.10 Å². The van der Waals surface area contributed by atoms with Crippen LogP contribution in [0, 0.1) is 5.92 Å². The van der Waals surface area contributed by atoms with E-state index < -0.39 is 6.10 Å². The van der Waals surface area contributed by atoms with Crippen LogP contribution in [0.5, 0.6) is 0 Å². The van der Waals surface area contributed by atoms with E-state index >= 15 is 0 Å². The van der Waals surface area contributed by atoms with Crippen LogP contribution in [-0.2, 0) is 0 Å². The number of carbonyl (C=O) groups excluding carboxylic acids is 1. The average Bonchev–Trinajstić information content (AvgIpc) is 2.26. The topological polar surface area (TPSA) is 49.3 Å². The molecule has 0 saturated carbocycles. The van der Waals surface area contributed by atoms with Gasteiger partial charge in [-0.05, 0) is 30.2 Å². The fraction of sp³-hybridized carbons (Fsp3) is 0.417. The molecule has 0 radical (unpaired) electrons. The Morgan fingerprint density at radius 3 is 2.44 bits per heavy atom. The van der Waals surface area contributed by atoms with E-state index in [1.165, 1.54) is 0 Å². The van der Waals surface area contributed by atoms with Crippen LogP contribution in [0.15, 0.2) is 24.3 Å². The van der Waals surface area contributed by atoms with Gasteiger partial charge in [0.1, 0.15) is 0 Å². The second kappa shape index (κ2) is 5.87. The van der Waals surface area contributed by atoms with Crippen molar-refractivity contribution in [3.63, 3.8) is 0 Å². The summed E-state index contributed by atoms with van der Waals surface area (Å²) in [7, 11) is 0. The smallest absolute Gasteiger partial charge is 0.251 e. The highest BCUT2D eigenvalue weighted by Crippen LogP contribution is 2.09. The normalized spacial score (nSPS) is 12.6. The highest BCUT2D eigenvalue weighted by molar-refractivity contribution is 6.30. The molecule has 1 aromatic rings. The summed E-state index contributed by atoms with van der Waals surface area (Å²) in [6.07, 6.45) is -0.517. The Bertz CT molecular complexity index is 349. The molecule has 3 nitrogen and oxygen atoms in total. The Balaban J connectivity index is 2.50. The van der Waals surface area contributed by atoms with Gasteiger partial charge in [-0.3, -0.25) is 4.79 Å². The molecule has 0 aliphatic carbocycles. The van der Waals surface area contributed by atoms with Crippen LogP contribution >= 0.6 is 11.6 Å². The van der Waals surface area contributed by atoms with Crippen molar-refractivity contribution in [1.82, 2.24) is 5.32 Å². The molecule has 16 heavy (non-hydrogen) atoms. The largest absolute Gasteiger partial charge is 0.391 e. The molecule has 0 spiro atoms. The van der Waals surface area contributed by atoms with Gasteiger partial charge in [-0.25, -0.2) is 0 Å². The maximum absolute atomic E-state index is 11.6. The van der Waals surface area contributed by atoms with Crippen molar-refractivity contribution >= 4 is 17.5 Å². The van der Waals surface area contributed by atoms with Crippen LogP contribution in [0.1, 0.15) is 24.2 Å². The van der Waals surface area contributed by atoms with E-state index in [9.17, 15) is 9.90 Å². The van der Waals surface area contributed by atoms with E-state index in [1.807, 2.05) is 13.8 Å². The van der Waals surface area contributed by atoms with Gasteiger partial charge in [0.15, 0.2) is 0 Å². The number of aliphatic hydroxyl groups excluding tert-OH is 1. The molecule has 0 heterocycles. The Morgan fingerprint density at radius 1 is 1.38 bits per heavy atom. The summed E-state index contributed by atoms with van der Waals surface area (Å²) in [5.41, 5.74) is 0.542. The van der Waals surface area contributed by atoms with Crippen LogP contribution in [0.4, 0.5) is 0 Å². The molecule has 0 aliphatic heterocycles. The van der Waals surface area contributed by atoms with Crippen molar-refractivity contribution < 1.29 is 9.90 Å². The SMILES string of the molecule is CC(C)[C@@H](O)CNC(=O)c1ccc(Cl)cc1. The molecular formula is C12H16ClNO2. The van der Waals surface area contributed by atoms with Gasteiger partial charge >= 0.3 is 0 Å². The lowest BCUT2D eigenvalue weighted by molar-refractivity contribution is 0.0871. The van der Waals surface area contributed by atoms with Gasteiger partial charge in [-0.1, -0.05) is 25.4 Å². The standard InChI is InChI=1S/C12H16ClNO2/c1-8(2)11(15)7-14-12(16)9-3-5-10(13)6-4-9/h3-6,8,11,15H,7H2,1-2H3,(H,14,16)/t11-/m0/s1. The van der Waals surface area contributed by atoms with Gasteiger partial charge in [0.25, 0.3) is 5.91 Å². The molecule has 1 rings (SSSR count). The van der Waals surface area contributed by atoms with Crippen LogP contribution in [0.3, 0.4) is 0 Å². The quantitative estimate of drug-likeness (QED) is 0.848. The average molecular weight is 242 g/mol. The molecular weight excluding hydrogens is 226 g/mol. The highest BCUT2D eigenvalue weighted by atomic mass is 35.5. The van der Waals surface area contributed by atoms with Gasteiger partial charge in [-0.15, -0.1) is 0 Å². The fourth-order valence-corrected chi connectivity index (χ4v) is 1.26. The van der Waals surface area contributed by atoms with E-state index in [-0.39, 0.29) is 18.4 Å². The summed E-state index contributed by atoms with van der Waals surface area (Å²) >= 11 is 5.71. The first kappa shape index (κ1) is 13.0. The predicted octanol–water partition coefficient (Wildman–Crippen LogP) is 2.09. The van der Waals surface area contributed by atoms with E-state index in [0.29, 0.717) is 10.6 Å². The van der Waals surface area contributed by atoms with Gasteiger partial charge in [0.2, 0.25) is 0 Å². The lowest BCUT2D eigenvalue weighted by Gasteiger charge is -2.14. The lowest BCUT2D eigenvalue weighted by Crippen LogP contribution is -2.34.